The number of nitrogen functional groups attached to an aromatic ring is 2. The average Bonchev–Trinajstić information content (AvgIpc) is 3.21. The van der Waals surface area contributed by atoms with Crippen LogP contribution in [0.5, 0.6) is 0 Å². The first-order valence-corrected chi connectivity index (χ1v) is 23.0. The van der Waals surface area contributed by atoms with E-state index in [9.17, 15) is 8.42 Å². The van der Waals surface area contributed by atoms with Crippen molar-refractivity contribution < 1.29 is 8.42 Å². The fourth-order valence-electron chi connectivity index (χ4n) is 5.60. The van der Waals surface area contributed by atoms with E-state index in [1.807, 2.05) is 88.7 Å². The van der Waals surface area contributed by atoms with Gasteiger partial charge in [0.2, 0.25) is 10.0 Å². The number of hydrogen-bond acceptors (Lipinski definition) is 14. The summed E-state index contributed by atoms with van der Waals surface area (Å²) in [4.78, 5) is 22.9. The minimum atomic E-state index is -3.17. The van der Waals surface area contributed by atoms with Crippen molar-refractivity contribution in [2.24, 2.45) is 0 Å². The summed E-state index contributed by atoms with van der Waals surface area (Å²) in [6.45, 7) is 19.4. The molecule has 6 heterocycles. The highest BCUT2D eigenvalue weighted by Crippen LogP contribution is 2.19. The summed E-state index contributed by atoms with van der Waals surface area (Å²) in [6.07, 6.45) is 10.5. The molecule has 0 radical (unpaired) electrons. The van der Waals surface area contributed by atoms with Crippen LogP contribution >= 0.6 is 0 Å². The van der Waals surface area contributed by atoms with Crippen LogP contribution in [0, 0.1) is 0 Å². The molecule has 0 aliphatic carbocycles. The molecule has 0 unspecified atom stereocenters. The zero-order valence-electron chi connectivity index (χ0n) is 38.8. The third-order valence-corrected chi connectivity index (χ3v) is 9.82. The Labute approximate surface area is 372 Å². The Kier molecular flexibility index (Phi) is 24.0. The molecule has 0 atom stereocenters. The Morgan fingerprint density at radius 1 is 0.710 bits per heavy atom. The lowest BCUT2D eigenvalue weighted by atomic mass is 10.1. The Morgan fingerprint density at radius 3 is 1.84 bits per heavy atom. The first-order valence-electron chi connectivity index (χ1n) is 21.2. The molecule has 16 heteroatoms. The quantitative estimate of drug-likeness (QED) is 0.0687. The summed E-state index contributed by atoms with van der Waals surface area (Å²) in [5, 5.41) is 13.1. The van der Waals surface area contributed by atoms with Crippen molar-refractivity contribution in [3.8, 4) is 0 Å². The number of rotatable bonds is 13. The summed E-state index contributed by atoms with van der Waals surface area (Å²) in [5.74, 6) is 2.20. The predicted octanol–water partition coefficient (Wildman–Crippen LogP) is 7.30. The summed E-state index contributed by atoms with van der Waals surface area (Å²) < 4.78 is 24.4. The summed E-state index contributed by atoms with van der Waals surface area (Å²) in [6, 6.07) is 24.5. The second kappa shape index (κ2) is 28.2. The first kappa shape index (κ1) is 52.7. The van der Waals surface area contributed by atoms with Crippen LogP contribution in [0.4, 0.5) is 28.8 Å². The molecular weight excluding hydrogens is 799 g/mol. The fourth-order valence-corrected chi connectivity index (χ4v) is 6.73. The van der Waals surface area contributed by atoms with E-state index in [0.29, 0.717) is 36.3 Å². The van der Waals surface area contributed by atoms with E-state index >= 15 is 0 Å². The number of pyridine rings is 5. The van der Waals surface area contributed by atoms with Crippen molar-refractivity contribution in [1.82, 2.24) is 39.4 Å². The van der Waals surface area contributed by atoms with Gasteiger partial charge in [-0.25, -0.2) is 23.4 Å². The average molecular weight is 872 g/mol. The van der Waals surface area contributed by atoms with Crippen molar-refractivity contribution in [3.05, 3.63) is 120 Å². The maximum atomic E-state index is 11.5. The molecule has 62 heavy (non-hydrogen) atoms. The number of hydrogen-bond donors (Lipinski definition) is 6. The number of aryl methyl sites for hydroxylation is 1. The molecular formula is C46H73N13O2S. The van der Waals surface area contributed by atoms with Gasteiger partial charge in [0.05, 0.1) is 47.5 Å². The molecule has 0 spiro atoms. The number of anilines is 5. The van der Waals surface area contributed by atoms with E-state index < -0.39 is 10.0 Å². The molecule has 5 aromatic rings. The minimum absolute atomic E-state index is 0.0537. The van der Waals surface area contributed by atoms with Gasteiger partial charge in [-0.3, -0.25) is 9.97 Å². The molecule has 0 amide bonds. The Hall–Kier alpha value is -5.42. The van der Waals surface area contributed by atoms with E-state index in [4.69, 9.17) is 11.5 Å². The van der Waals surface area contributed by atoms with Crippen molar-refractivity contribution in [3.63, 3.8) is 0 Å². The largest absolute Gasteiger partial charge is 0.384 e. The van der Waals surface area contributed by atoms with Crippen molar-refractivity contribution in [1.29, 1.82) is 0 Å². The molecule has 0 saturated heterocycles. The van der Waals surface area contributed by atoms with E-state index in [1.165, 1.54) is 22.5 Å². The number of nitrogens with zero attached hydrogens (tertiary/aromatic N) is 7. The molecule has 6 rings (SSSR count). The third-order valence-electron chi connectivity index (χ3n) is 8.42. The van der Waals surface area contributed by atoms with Crippen LogP contribution in [0.25, 0.3) is 0 Å². The predicted molar refractivity (Wildman–Crippen MR) is 259 cm³/mol. The molecule has 1 aliphatic heterocycles. The number of sulfonamides is 1. The van der Waals surface area contributed by atoms with Crippen molar-refractivity contribution in [2.75, 3.05) is 54.3 Å². The van der Waals surface area contributed by atoms with Gasteiger partial charge in [0.25, 0.3) is 0 Å². The van der Waals surface area contributed by atoms with Crippen LogP contribution in [0.2, 0.25) is 0 Å². The summed E-state index contributed by atoms with van der Waals surface area (Å²) >= 11 is 0. The van der Waals surface area contributed by atoms with Crippen LogP contribution in [-0.2, 0) is 36.1 Å². The lowest BCUT2D eigenvalue weighted by Crippen LogP contribution is -2.35. The van der Waals surface area contributed by atoms with Gasteiger partial charge in [0, 0.05) is 62.4 Å². The van der Waals surface area contributed by atoms with Gasteiger partial charge in [0.1, 0.15) is 17.5 Å². The minimum Gasteiger partial charge on any atom is -0.384 e. The smallest absolute Gasteiger partial charge is 0.211 e. The van der Waals surface area contributed by atoms with Crippen molar-refractivity contribution in [2.45, 2.75) is 112 Å². The SMILES string of the molecule is CC(C)N(Cc1ccccn1)S(C)(=O)=O.CC(C)NCc1ccc2c(n1)NCCC2.CC(C)Nc1ccc(N)nc1.CC(C)Nc1cccnc1N.CN(C)Cc1ccccn1. The van der Waals surface area contributed by atoms with Crippen LogP contribution in [0.3, 0.4) is 0 Å². The lowest BCUT2D eigenvalue weighted by molar-refractivity contribution is 0.347. The normalized spacial score (nSPS) is 11.8. The number of aromatic nitrogens is 5. The molecule has 340 valence electrons. The highest BCUT2D eigenvalue weighted by atomic mass is 32.2. The van der Waals surface area contributed by atoms with Gasteiger partial charge in [-0.2, -0.15) is 4.31 Å². The Morgan fingerprint density at radius 2 is 1.34 bits per heavy atom. The topological polar surface area (TPSA) is 205 Å². The Balaban J connectivity index is 0.000000269. The van der Waals surface area contributed by atoms with Crippen LogP contribution in [0.15, 0.2) is 97.6 Å². The number of nitrogens with two attached hydrogens (primary N) is 2. The monoisotopic (exact) mass is 872 g/mol. The molecule has 0 saturated carbocycles. The lowest BCUT2D eigenvalue weighted by Gasteiger charge is -2.23. The van der Waals surface area contributed by atoms with Gasteiger partial charge >= 0.3 is 0 Å². The van der Waals surface area contributed by atoms with Gasteiger partial charge < -0.3 is 37.6 Å². The fraction of sp³-hybridized carbons (Fsp3) is 0.457. The van der Waals surface area contributed by atoms with Crippen LogP contribution < -0.4 is 32.7 Å². The van der Waals surface area contributed by atoms with Crippen LogP contribution in [-0.4, -0.2) is 93.6 Å². The second-order valence-electron chi connectivity index (χ2n) is 16.2. The van der Waals surface area contributed by atoms with Crippen molar-refractivity contribution >= 4 is 38.9 Å². The molecule has 15 nitrogen and oxygen atoms in total. The molecule has 1 aliphatic rings. The number of nitrogens with one attached hydrogen (secondary N) is 4. The van der Waals surface area contributed by atoms with Gasteiger partial charge in [-0.1, -0.05) is 32.0 Å². The van der Waals surface area contributed by atoms with E-state index in [2.05, 4.69) is 105 Å². The first-order chi connectivity index (χ1) is 29.3. The van der Waals surface area contributed by atoms with E-state index in [1.54, 1.807) is 24.7 Å². The highest BCUT2D eigenvalue weighted by Gasteiger charge is 2.20. The maximum absolute atomic E-state index is 11.5. The molecule has 5 aromatic heterocycles. The third kappa shape index (κ3) is 23.0. The summed E-state index contributed by atoms with van der Waals surface area (Å²) in [5.41, 5.74) is 17.3. The van der Waals surface area contributed by atoms with Gasteiger partial charge in [-0.15, -0.1) is 0 Å². The number of fused-ring (bicyclic) bond motifs is 1. The molecule has 0 bridgehead atoms. The standard InChI is InChI=1S/C12H19N3.C10H16N2O2S.2C8H13N3.C8H12N2/c1-9(2)14-8-11-6-5-10-4-3-7-13-12(10)15-11;1-9(2)12(15(3,13)14)8-10-6-4-5-7-11-10;1-6(2)11-7-3-4-8(9)10-5-7;1-6(2)11-7-4-3-5-10-8(7)9;1-10(2)7-8-5-3-4-6-9-8/h5-6,9,14H,3-4,7-8H2,1-2H3,(H,13,15);4-7,9H,8H2,1-3H3;2*3-6,11H,1-2H3,(H2,9,10);3-6H,7H2,1-2H3. The molecule has 8 N–H and O–H groups in total. The highest BCUT2D eigenvalue weighted by molar-refractivity contribution is 7.88. The van der Waals surface area contributed by atoms with E-state index in [0.717, 1.165) is 60.3 Å². The molecule has 0 aromatic carbocycles. The van der Waals surface area contributed by atoms with Crippen LogP contribution in [0.1, 0.15) is 84.5 Å². The zero-order chi connectivity index (χ0) is 46.1. The van der Waals surface area contributed by atoms with Gasteiger partial charge in [-0.05, 0) is 129 Å². The summed E-state index contributed by atoms with van der Waals surface area (Å²) in [7, 11) is 0.904. The maximum Gasteiger partial charge on any atom is 0.211 e. The Bertz CT molecular complexity index is 2050. The zero-order valence-corrected chi connectivity index (χ0v) is 39.6. The molecule has 0 fully saturated rings. The van der Waals surface area contributed by atoms with E-state index in [-0.39, 0.29) is 6.04 Å². The second-order valence-corrected chi connectivity index (χ2v) is 18.1. The van der Waals surface area contributed by atoms with Gasteiger partial charge in [0.15, 0.2) is 0 Å².